The lowest BCUT2D eigenvalue weighted by Gasteiger charge is -2.09. The third kappa shape index (κ3) is 2.84. The van der Waals surface area contributed by atoms with Gasteiger partial charge >= 0.3 is 5.97 Å². The van der Waals surface area contributed by atoms with Crippen LogP contribution in [-0.4, -0.2) is 32.6 Å². The molecule has 0 unspecified atom stereocenters. The van der Waals surface area contributed by atoms with Gasteiger partial charge in [-0.15, -0.1) is 5.10 Å². The fourth-order valence-corrected chi connectivity index (χ4v) is 1.51. The molecule has 0 atom stereocenters. The Bertz CT molecular complexity index is 587. The standard InChI is InChI=1S/C11H10F2N4O2/c12-9-7(11(18)19)1-2-8(10(9)13)14-3-5-17-6-4-15-16-17/h1-2,4,6,14H,3,5H2,(H,18,19). The molecule has 0 fully saturated rings. The van der Waals surface area contributed by atoms with Crippen molar-refractivity contribution in [3.8, 4) is 0 Å². The summed E-state index contributed by atoms with van der Waals surface area (Å²) in [5.41, 5.74) is -0.790. The van der Waals surface area contributed by atoms with Gasteiger partial charge in [0.15, 0.2) is 11.6 Å². The van der Waals surface area contributed by atoms with Crippen LogP contribution in [0.25, 0.3) is 0 Å². The molecule has 0 saturated heterocycles. The fraction of sp³-hybridized carbons (Fsp3) is 0.182. The lowest BCUT2D eigenvalue weighted by atomic mass is 10.2. The van der Waals surface area contributed by atoms with Crippen LogP contribution >= 0.6 is 0 Å². The van der Waals surface area contributed by atoms with Crippen LogP contribution in [0.5, 0.6) is 0 Å². The van der Waals surface area contributed by atoms with Crippen LogP contribution in [0.4, 0.5) is 14.5 Å². The highest BCUT2D eigenvalue weighted by atomic mass is 19.2. The number of carboxylic acid groups (broad SMARTS) is 1. The molecule has 19 heavy (non-hydrogen) atoms. The number of aromatic nitrogens is 3. The van der Waals surface area contributed by atoms with Gasteiger partial charge < -0.3 is 10.4 Å². The van der Waals surface area contributed by atoms with E-state index in [0.29, 0.717) is 13.1 Å². The van der Waals surface area contributed by atoms with E-state index >= 15 is 0 Å². The van der Waals surface area contributed by atoms with E-state index in [4.69, 9.17) is 5.11 Å². The third-order valence-electron chi connectivity index (χ3n) is 2.44. The molecule has 1 aromatic carbocycles. The summed E-state index contributed by atoms with van der Waals surface area (Å²) in [7, 11) is 0. The lowest BCUT2D eigenvalue weighted by molar-refractivity contribution is 0.0690. The van der Waals surface area contributed by atoms with Crippen LogP contribution in [0.3, 0.4) is 0 Å². The minimum atomic E-state index is -1.51. The first-order valence-corrected chi connectivity index (χ1v) is 5.39. The molecule has 0 bridgehead atoms. The van der Waals surface area contributed by atoms with Gasteiger partial charge in [0.05, 0.1) is 24.0 Å². The van der Waals surface area contributed by atoms with Gasteiger partial charge in [0.25, 0.3) is 0 Å². The Hall–Kier alpha value is -2.51. The van der Waals surface area contributed by atoms with Gasteiger partial charge in [0, 0.05) is 12.7 Å². The Morgan fingerprint density at radius 2 is 2.16 bits per heavy atom. The van der Waals surface area contributed by atoms with Crippen LogP contribution in [0.15, 0.2) is 24.5 Å². The average Bonchev–Trinajstić information content (AvgIpc) is 2.87. The van der Waals surface area contributed by atoms with Crippen molar-refractivity contribution in [1.82, 2.24) is 15.0 Å². The zero-order chi connectivity index (χ0) is 13.8. The van der Waals surface area contributed by atoms with Gasteiger partial charge in [-0.3, -0.25) is 4.68 Å². The van der Waals surface area contributed by atoms with Crippen molar-refractivity contribution >= 4 is 11.7 Å². The van der Waals surface area contributed by atoms with Gasteiger partial charge in [0.2, 0.25) is 0 Å². The van der Waals surface area contributed by atoms with Crippen molar-refractivity contribution in [1.29, 1.82) is 0 Å². The summed E-state index contributed by atoms with van der Waals surface area (Å²) < 4.78 is 28.5. The van der Waals surface area contributed by atoms with Crippen LogP contribution in [0, 0.1) is 11.6 Å². The molecule has 8 heteroatoms. The molecule has 100 valence electrons. The number of aromatic carboxylic acids is 1. The average molecular weight is 268 g/mol. The van der Waals surface area contributed by atoms with Gasteiger partial charge in [-0.1, -0.05) is 5.21 Å². The molecule has 0 aliphatic rings. The molecule has 1 aromatic heterocycles. The first-order valence-electron chi connectivity index (χ1n) is 5.39. The number of hydrogen-bond acceptors (Lipinski definition) is 4. The van der Waals surface area contributed by atoms with Gasteiger partial charge in [0.1, 0.15) is 0 Å². The first kappa shape index (κ1) is 12.9. The van der Waals surface area contributed by atoms with Crippen LogP contribution in [0.2, 0.25) is 0 Å². The maximum Gasteiger partial charge on any atom is 0.338 e. The van der Waals surface area contributed by atoms with Crippen molar-refractivity contribution in [2.45, 2.75) is 6.54 Å². The molecule has 0 amide bonds. The number of anilines is 1. The Morgan fingerprint density at radius 3 is 2.79 bits per heavy atom. The number of benzene rings is 1. The molecule has 0 spiro atoms. The largest absolute Gasteiger partial charge is 0.478 e. The molecule has 0 aliphatic heterocycles. The van der Waals surface area contributed by atoms with Gasteiger partial charge in [-0.05, 0) is 12.1 Å². The Kier molecular flexibility index (Phi) is 3.69. The predicted molar refractivity (Wildman–Crippen MR) is 61.8 cm³/mol. The van der Waals surface area contributed by atoms with Crippen molar-refractivity contribution in [2.24, 2.45) is 0 Å². The van der Waals surface area contributed by atoms with Gasteiger partial charge in [-0.2, -0.15) is 0 Å². The summed E-state index contributed by atoms with van der Waals surface area (Å²) >= 11 is 0. The fourth-order valence-electron chi connectivity index (χ4n) is 1.51. The third-order valence-corrected chi connectivity index (χ3v) is 2.44. The van der Waals surface area contributed by atoms with Crippen molar-refractivity contribution in [2.75, 3.05) is 11.9 Å². The summed E-state index contributed by atoms with van der Waals surface area (Å²) in [4.78, 5) is 10.6. The Morgan fingerprint density at radius 1 is 1.37 bits per heavy atom. The van der Waals surface area contributed by atoms with Crippen LogP contribution in [-0.2, 0) is 6.54 Å². The molecule has 0 aliphatic carbocycles. The summed E-state index contributed by atoms with van der Waals surface area (Å²) in [6.07, 6.45) is 3.13. The number of halogens is 2. The number of nitrogens with zero attached hydrogens (tertiary/aromatic N) is 3. The molecule has 6 nitrogen and oxygen atoms in total. The predicted octanol–water partition coefficient (Wildman–Crippen LogP) is 1.37. The van der Waals surface area contributed by atoms with E-state index < -0.39 is 23.2 Å². The van der Waals surface area contributed by atoms with E-state index in [-0.39, 0.29) is 5.69 Å². The molecule has 0 saturated carbocycles. The summed E-state index contributed by atoms with van der Waals surface area (Å²) in [5, 5.41) is 18.6. The second kappa shape index (κ2) is 5.42. The summed E-state index contributed by atoms with van der Waals surface area (Å²) in [6, 6.07) is 2.20. The molecular formula is C11H10F2N4O2. The van der Waals surface area contributed by atoms with Crippen LogP contribution < -0.4 is 5.32 Å². The SMILES string of the molecule is O=C(O)c1ccc(NCCn2ccnn2)c(F)c1F. The maximum atomic E-state index is 13.6. The number of hydrogen-bond donors (Lipinski definition) is 2. The number of carbonyl (C=O) groups is 1. The van der Waals surface area contributed by atoms with E-state index in [0.717, 1.165) is 6.07 Å². The van der Waals surface area contributed by atoms with E-state index in [1.54, 1.807) is 6.20 Å². The Balaban J connectivity index is 2.05. The van der Waals surface area contributed by atoms with Crippen molar-refractivity contribution < 1.29 is 18.7 Å². The Labute approximate surface area is 106 Å². The number of nitrogens with one attached hydrogen (secondary N) is 1. The zero-order valence-corrected chi connectivity index (χ0v) is 9.68. The molecular weight excluding hydrogens is 258 g/mol. The molecule has 2 N–H and O–H groups in total. The molecule has 1 heterocycles. The highest BCUT2D eigenvalue weighted by molar-refractivity contribution is 5.88. The highest BCUT2D eigenvalue weighted by Gasteiger charge is 2.17. The maximum absolute atomic E-state index is 13.6. The van der Waals surface area contributed by atoms with E-state index in [1.807, 2.05) is 0 Å². The quantitative estimate of drug-likeness (QED) is 0.856. The highest BCUT2D eigenvalue weighted by Crippen LogP contribution is 2.20. The monoisotopic (exact) mass is 268 g/mol. The second-order valence-corrected chi connectivity index (χ2v) is 3.69. The topological polar surface area (TPSA) is 80.0 Å². The van der Waals surface area contributed by atoms with Crippen LogP contribution in [0.1, 0.15) is 10.4 Å². The minimum Gasteiger partial charge on any atom is -0.478 e. The van der Waals surface area contributed by atoms with E-state index in [2.05, 4.69) is 15.6 Å². The lowest BCUT2D eigenvalue weighted by Crippen LogP contribution is -2.13. The normalized spacial score (nSPS) is 10.4. The molecule has 0 radical (unpaired) electrons. The van der Waals surface area contributed by atoms with E-state index in [9.17, 15) is 13.6 Å². The van der Waals surface area contributed by atoms with Gasteiger partial charge in [-0.25, -0.2) is 13.6 Å². The first-order chi connectivity index (χ1) is 9.09. The second-order valence-electron chi connectivity index (χ2n) is 3.69. The summed E-state index contributed by atoms with van der Waals surface area (Å²) in [5.74, 6) is -4.10. The zero-order valence-electron chi connectivity index (χ0n) is 9.68. The number of rotatable bonds is 5. The molecule has 2 rings (SSSR count). The van der Waals surface area contributed by atoms with E-state index in [1.165, 1.54) is 16.9 Å². The molecule has 2 aromatic rings. The summed E-state index contributed by atoms with van der Waals surface area (Å²) in [6.45, 7) is 0.716. The van der Waals surface area contributed by atoms with Crippen molar-refractivity contribution in [3.63, 3.8) is 0 Å². The number of carboxylic acids is 1. The smallest absolute Gasteiger partial charge is 0.338 e. The van der Waals surface area contributed by atoms with Crippen molar-refractivity contribution in [3.05, 3.63) is 41.7 Å². The minimum absolute atomic E-state index is 0.0948.